The second-order valence-electron chi connectivity index (χ2n) is 15.0. The van der Waals surface area contributed by atoms with E-state index in [-0.39, 0.29) is 0 Å². The molecule has 0 saturated carbocycles. The van der Waals surface area contributed by atoms with Crippen LogP contribution in [0, 0.1) is 0 Å². The summed E-state index contributed by atoms with van der Waals surface area (Å²) < 4.78 is 0. The lowest BCUT2D eigenvalue weighted by Gasteiger charge is -2.15. The monoisotopic (exact) mass is 664 g/mol. The molecule has 0 atom stereocenters. The van der Waals surface area contributed by atoms with E-state index in [0.717, 1.165) is 11.4 Å². The van der Waals surface area contributed by atoms with Gasteiger partial charge in [-0.25, -0.2) is 5.32 Å². The molecule has 14 aromatic rings. The molecule has 0 aromatic heterocycles. The Balaban J connectivity index is 1.20. The largest absolute Gasteiger partial charge is 0.248 e. The second-order valence-corrected chi connectivity index (χ2v) is 15.0. The minimum Gasteiger partial charge on any atom is -0.248 e. The van der Waals surface area contributed by atoms with Gasteiger partial charge in [0.25, 0.3) is 0 Å². The SMILES string of the molecule is c1ccc2c(c1)c1cccc3c1c2c1c([N]c2ccc4c5ccccc5c5c6cccc7c8ccccc8c(c2c45)c76)ccc2c4ccccc4c3c21. The van der Waals surface area contributed by atoms with Crippen LogP contribution in [0.5, 0.6) is 0 Å². The van der Waals surface area contributed by atoms with E-state index >= 15 is 0 Å². The van der Waals surface area contributed by atoms with Gasteiger partial charge in [-0.2, -0.15) is 0 Å². The highest BCUT2D eigenvalue weighted by Crippen LogP contribution is 2.55. The van der Waals surface area contributed by atoms with Gasteiger partial charge in [-0.1, -0.05) is 146 Å². The second kappa shape index (κ2) is 9.09. The van der Waals surface area contributed by atoms with Crippen LogP contribution in [0.15, 0.2) is 158 Å². The highest BCUT2D eigenvalue weighted by molar-refractivity contribution is 6.50. The van der Waals surface area contributed by atoms with E-state index in [9.17, 15) is 0 Å². The van der Waals surface area contributed by atoms with Crippen molar-refractivity contribution in [2.24, 2.45) is 0 Å². The molecule has 0 N–H and O–H groups in total. The summed E-state index contributed by atoms with van der Waals surface area (Å²) in [6.07, 6.45) is 0. The van der Waals surface area contributed by atoms with Crippen molar-refractivity contribution in [2.75, 3.05) is 0 Å². The smallest absolute Gasteiger partial charge is 0.0722 e. The number of hydrogen-bond donors (Lipinski definition) is 0. The van der Waals surface area contributed by atoms with Crippen molar-refractivity contribution in [1.82, 2.24) is 5.32 Å². The van der Waals surface area contributed by atoms with Crippen molar-refractivity contribution in [3.8, 4) is 0 Å². The molecule has 0 spiro atoms. The third kappa shape index (κ3) is 2.99. The molecule has 1 heteroatoms. The van der Waals surface area contributed by atoms with Gasteiger partial charge < -0.3 is 0 Å². The lowest BCUT2D eigenvalue weighted by atomic mass is 9.93. The highest BCUT2D eigenvalue weighted by atomic mass is 14.9. The zero-order valence-corrected chi connectivity index (χ0v) is 28.5. The quantitative estimate of drug-likeness (QED) is 0.163. The van der Waals surface area contributed by atoms with Crippen LogP contribution in [0.25, 0.3) is 129 Å². The van der Waals surface area contributed by atoms with Gasteiger partial charge in [-0.15, -0.1) is 0 Å². The van der Waals surface area contributed by atoms with Crippen LogP contribution in [0.1, 0.15) is 0 Å². The predicted octanol–water partition coefficient (Wildman–Crippen LogP) is 14.8. The van der Waals surface area contributed by atoms with Crippen LogP contribution in [-0.2, 0) is 0 Å². The van der Waals surface area contributed by atoms with Gasteiger partial charge in [-0.05, 0) is 109 Å². The summed E-state index contributed by atoms with van der Waals surface area (Å²) in [5.41, 5.74) is 2.06. The number of nitrogens with zero attached hydrogens (tertiary/aromatic N) is 1. The summed E-state index contributed by atoms with van der Waals surface area (Å²) in [7, 11) is 0. The van der Waals surface area contributed by atoms with Crippen molar-refractivity contribution in [3.05, 3.63) is 158 Å². The Morgan fingerprint density at radius 1 is 0.170 bits per heavy atom. The van der Waals surface area contributed by atoms with Crippen LogP contribution in [0.2, 0.25) is 0 Å². The molecule has 14 aromatic carbocycles. The van der Waals surface area contributed by atoms with Crippen molar-refractivity contribution < 1.29 is 0 Å². The summed E-state index contributed by atoms with van der Waals surface area (Å²) in [6.45, 7) is 0. The van der Waals surface area contributed by atoms with Gasteiger partial charge in [0, 0.05) is 32.3 Å². The molecule has 0 heterocycles. The summed E-state index contributed by atoms with van der Waals surface area (Å²) in [6, 6.07) is 58.9. The lowest BCUT2D eigenvalue weighted by molar-refractivity contribution is 1.23. The van der Waals surface area contributed by atoms with Crippen molar-refractivity contribution in [2.45, 2.75) is 0 Å². The molecule has 0 amide bonds. The molecule has 0 aliphatic rings. The summed E-state index contributed by atoms with van der Waals surface area (Å²) in [5, 5.41) is 37.4. The van der Waals surface area contributed by atoms with Crippen LogP contribution in [0.4, 0.5) is 11.4 Å². The highest BCUT2D eigenvalue weighted by Gasteiger charge is 2.27. The average molecular weight is 665 g/mol. The van der Waals surface area contributed by atoms with E-state index in [0.29, 0.717) is 0 Å². The Kier molecular flexibility index (Phi) is 4.59. The first-order chi connectivity index (χ1) is 26.3. The van der Waals surface area contributed by atoms with Crippen molar-refractivity contribution in [1.29, 1.82) is 0 Å². The molecule has 0 fully saturated rings. The predicted molar refractivity (Wildman–Crippen MR) is 229 cm³/mol. The normalized spacial score (nSPS) is 12.9. The van der Waals surface area contributed by atoms with Gasteiger partial charge in [0.15, 0.2) is 0 Å². The molecule has 53 heavy (non-hydrogen) atoms. The van der Waals surface area contributed by atoms with Gasteiger partial charge in [0.2, 0.25) is 0 Å². The maximum Gasteiger partial charge on any atom is 0.0722 e. The third-order valence-corrected chi connectivity index (χ3v) is 12.7. The first-order valence-corrected chi connectivity index (χ1v) is 18.6. The van der Waals surface area contributed by atoms with E-state index in [1.807, 2.05) is 0 Å². The number of hydrogen-bond acceptors (Lipinski definition) is 0. The van der Waals surface area contributed by atoms with E-state index < -0.39 is 0 Å². The number of benzene rings is 10. The average Bonchev–Trinajstić information content (AvgIpc) is 3.94. The molecule has 239 valence electrons. The van der Waals surface area contributed by atoms with E-state index in [1.165, 1.54) is 129 Å². The van der Waals surface area contributed by atoms with Crippen LogP contribution < -0.4 is 5.32 Å². The maximum absolute atomic E-state index is 5.87. The molecule has 14 rings (SSSR count). The van der Waals surface area contributed by atoms with Gasteiger partial charge >= 0.3 is 0 Å². The maximum atomic E-state index is 5.87. The Bertz CT molecular complexity index is 3600. The number of fused-ring (bicyclic) bond motifs is 16. The lowest BCUT2D eigenvalue weighted by Crippen LogP contribution is -1.93. The standard InChI is InChI=1S/C52H26N/c1-5-15-31-29(13-1)37-23-25-41(51-47-35-17-7-3-11-27(35)33-19-9-21-39(45(33)47)43(31)49(37)51)53-42-26-24-38-30-14-2-6-16-32(30)44-40-22-10-20-34-28-12-4-8-18-36(28)48(46(34)40)52(42)50(38)44/h1-26H. The Morgan fingerprint density at radius 3 is 0.755 bits per heavy atom. The van der Waals surface area contributed by atoms with Crippen LogP contribution in [-0.4, -0.2) is 0 Å². The first-order valence-electron chi connectivity index (χ1n) is 18.6. The topological polar surface area (TPSA) is 14.1 Å². The molecule has 0 saturated heterocycles. The molecular formula is C52H26N. The summed E-state index contributed by atoms with van der Waals surface area (Å²) in [4.78, 5) is 0. The van der Waals surface area contributed by atoms with Crippen molar-refractivity contribution in [3.63, 3.8) is 0 Å². The molecule has 1 radical (unpaired) electrons. The molecule has 1 nitrogen and oxygen atoms in total. The first kappa shape index (κ1) is 26.8. The Hall–Kier alpha value is -6.96. The molecule has 0 bridgehead atoms. The zero-order valence-electron chi connectivity index (χ0n) is 28.5. The van der Waals surface area contributed by atoms with E-state index in [4.69, 9.17) is 5.32 Å². The van der Waals surface area contributed by atoms with Crippen molar-refractivity contribution >= 4 is 141 Å². The zero-order chi connectivity index (χ0) is 34.1. The van der Waals surface area contributed by atoms with E-state index in [2.05, 4.69) is 158 Å². The fourth-order valence-corrected chi connectivity index (χ4v) is 10.8. The fraction of sp³-hybridized carbons (Fsp3) is 0. The van der Waals surface area contributed by atoms with Crippen LogP contribution in [0.3, 0.4) is 0 Å². The minimum atomic E-state index is 1.03. The number of rotatable bonds is 2. The molecule has 0 aliphatic carbocycles. The summed E-state index contributed by atoms with van der Waals surface area (Å²) in [5.74, 6) is 0. The third-order valence-electron chi connectivity index (χ3n) is 12.7. The minimum absolute atomic E-state index is 1.03. The van der Waals surface area contributed by atoms with Gasteiger partial charge in [0.05, 0.1) is 11.4 Å². The Labute approximate surface area is 302 Å². The fourth-order valence-electron chi connectivity index (χ4n) is 10.8. The van der Waals surface area contributed by atoms with Gasteiger partial charge in [-0.3, -0.25) is 0 Å². The Morgan fingerprint density at radius 2 is 0.415 bits per heavy atom. The molecule has 0 aliphatic heterocycles. The summed E-state index contributed by atoms with van der Waals surface area (Å²) >= 11 is 0. The van der Waals surface area contributed by atoms with Gasteiger partial charge in [0.1, 0.15) is 0 Å². The van der Waals surface area contributed by atoms with Crippen LogP contribution >= 0.6 is 0 Å². The molecular weight excluding hydrogens is 639 g/mol. The molecule has 0 unspecified atom stereocenters. The van der Waals surface area contributed by atoms with E-state index in [1.54, 1.807) is 0 Å².